The lowest BCUT2D eigenvalue weighted by atomic mass is 10.1. The van der Waals surface area contributed by atoms with E-state index in [0.29, 0.717) is 29.7 Å². The summed E-state index contributed by atoms with van der Waals surface area (Å²) >= 11 is 1.38. The zero-order valence-corrected chi connectivity index (χ0v) is 16.8. The van der Waals surface area contributed by atoms with Crippen molar-refractivity contribution in [3.63, 3.8) is 0 Å². The van der Waals surface area contributed by atoms with Gasteiger partial charge in [-0.3, -0.25) is 5.32 Å². The number of aromatic nitrogens is 1. The van der Waals surface area contributed by atoms with E-state index in [1.165, 1.54) is 18.4 Å². The van der Waals surface area contributed by atoms with Crippen molar-refractivity contribution in [3.8, 4) is 5.75 Å². The molecule has 2 aromatic carbocycles. The number of carbonyl (C=O) groups excluding carboxylic acids is 1. The molecule has 0 bridgehead atoms. The van der Waals surface area contributed by atoms with Crippen LogP contribution in [0, 0.1) is 0 Å². The summed E-state index contributed by atoms with van der Waals surface area (Å²) in [6.07, 6.45) is 0. The Morgan fingerprint density at radius 1 is 1.25 bits per heavy atom. The van der Waals surface area contributed by atoms with Gasteiger partial charge in [-0.15, -0.1) is 0 Å². The van der Waals surface area contributed by atoms with Crippen LogP contribution in [-0.4, -0.2) is 30.4 Å². The topological polar surface area (TPSA) is 84.8 Å². The first kappa shape index (κ1) is 19.6. The number of hydrogen-bond donors (Lipinski definition) is 2. The van der Waals surface area contributed by atoms with Gasteiger partial charge in [0.2, 0.25) is 0 Å². The van der Waals surface area contributed by atoms with Crippen LogP contribution in [0.2, 0.25) is 0 Å². The van der Waals surface area contributed by atoms with Gasteiger partial charge in [0, 0.05) is 18.2 Å². The van der Waals surface area contributed by atoms with E-state index >= 15 is 0 Å². The molecule has 1 aromatic heterocycles. The number of carbonyl (C=O) groups is 1. The Morgan fingerprint density at radius 2 is 2.04 bits per heavy atom. The van der Waals surface area contributed by atoms with Gasteiger partial charge in [0.25, 0.3) is 0 Å². The minimum Gasteiger partial charge on any atom is -0.489 e. The molecule has 7 nitrogen and oxygen atoms in total. The molecule has 1 heterocycles. The highest BCUT2D eigenvalue weighted by molar-refractivity contribution is 7.22. The van der Waals surface area contributed by atoms with E-state index in [1.54, 1.807) is 0 Å². The van der Waals surface area contributed by atoms with Gasteiger partial charge in [-0.25, -0.2) is 9.78 Å². The van der Waals surface area contributed by atoms with Crippen molar-refractivity contribution in [2.24, 2.45) is 5.16 Å². The summed E-state index contributed by atoms with van der Waals surface area (Å²) in [5.41, 5.74) is 3.35. The SMILES string of the molecule is CCNC(=O)Nc1nc2cc(OCc3ccccc3)cc(/C(C)=N\OC)c2s1. The number of nitrogens with zero attached hydrogens (tertiary/aromatic N) is 2. The minimum atomic E-state index is -0.286. The first-order valence-corrected chi connectivity index (χ1v) is 9.66. The van der Waals surface area contributed by atoms with Crippen molar-refractivity contribution >= 4 is 38.4 Å². The average Bonchev–Trinajstić information content (AvgIpc) is 3.09. The molecule has 0 radical (unpaired) electrons. The van der Waals surface area contributed by atoms with Crippen LogP contribution in [0.15, 0.2) is 47.6 Å². The standard InChI is InChI=1S/C20H22N4O3S/c1-4-21-19(25)23-20-22-17-11-15(27-12-14-8-6-5-7-9-14)10-16(18(17)28-20)13(2)24-26-3/h5-11H,4,12H2,1-3H3,(H2,21,22,23,25)/b24-13-. The molecule has 0 aliphatic rings. The zero-order chi connectivity index (χ0) is 19.9. The Labute approximate surface area is 167 Å². The average molecular weight is 398 g/mol. The number of ether oxygens (including phenoxy) is 1. The van der Waals surface area contributed by atoms with E-state index in [-0.39, 0.29) is 6.03 Å². The Hall–Kier alpha value is -3.13. The Morgan fingerprint density at radius 3 is 2.75 bits per heavy atom. The number of benzene rings is 2. The lowest BCUT2D eigenvalue weighted by Gasteiger charge is -2.09. The summed E-state index contributed by atoms with van der Waals surface area (Å²) in [6, 6.07) is 13.4. The molecule has 0 saturated heterocycles. The molecule has 0 saturated carbocycles. The molecule has 3 rings (SSSR count). The van der Waals surface area contributed by atoms with Gasteiger partial charge in [-0.2, -0.15) is 0 Å². The number of rotatable bonds is 7. The number of hydrogen-bond acceptors (Lipinski definition) is 6. The lowest BCUT2D eigenvalue weighted by Crippen LogP contribution is -2.28. The van der Waals surface area contributed by atoms with E-state index in [1.807, 2.05) is 56.3 Å². The fourth-order valence-electron chi connectivity index (χ4n) is 2.64. The molecule has 28 heavy (non-hydrogen) atoms. The molecular weight excluding hydrogens is 376 g/mol. The van der Waals surface area contributed by atoms with E-state index in [0.717, 1.165) is 21.3 Å². The number of amides is 2. The molecule has 3 aromatic rings. The lowest BCUT2D eigenvalue weighted by molar-refractivity contribution is 0.213. The molecule has 0 spiro atoms. The van der Waals surface area contributed by atoms with Crippen LogP contribution in [0.1, 0.15) is 25.0 Å². The third kappa shape index (κ3) is 4.77. The van der Waals surface area contributed by atoms with Crippen LogP contribution in [0.3, 0.4) is 0 Å². The van der Waals surface area contributed by atoms with Crippen molar-refractivity contribution in [1.82, 2.24) is 10.3 Å². The number of anilines is 1. The van der Waals surface area contributed by atoms with Crippen LogP contribution in [0.4, 0.5) is 9.93 Å². The molecule has 0 aliphatic carbocycles. The fraction of sp³-hybridized carbons (Fsp3) is 0.250. The van der Waals surface area contributed by atoms with Gasteiger partial charge in [-0.1, -0.05) is 46.8 Å². The highest BCUT2D eigenvalue weighted by Crippen LogP contribution is 2.33. The second-order valence-corrected chi connectivity index (χ2v) is 6.96. The molecule has 0 aliphatic heterocycles. The van der Waals surface area contributed by atoms with E-state index in [4.69, 9.17) is 9.57 Å². The van der Waals surface area contributed by atoms with Gasteiger partial charge < -0.3 is 14.9 Å². The fourth-order valence-corrected chi connectivity index (χ4v) is 3.65. The molecule has 146 valence electrons. The van der Waals surface area contributed by atoms with Gasteiger partial charge >= 0.3 is 6.03 Å². The Kier molecular flexibility index (Phi) is 6.44. The number of urea groups is 1. The predicted octanol–water partition coefficient (Wildman–Crippen LogP) is 4.39. The zero-order valence-electron chi connectivity index (χ0n) is 16.0. The van der Waals surface area contributed by atoms with Gasteiger partial charge in [0.15, 0.2) is 5.13 Å². The Bertz CT molecular complexity index is 986. The smallest absolute Gasteiger partial charge is 0.321 e. The van der Waals surface area contributed by atoms with Gasteiger partial charge in [0.1, 0.15) is 19.5 Å². The van der Waals surface area contributed by atoms with Crippen molar-refractivity contribution in [2.75, 3.05) is 19.0 Å². The first-order chi connectivity index (χ1) is 13.6. The van der Waals surface area contributed by atoms with Gasteiger partial charge in [-0.05, 0) is 25.5 Å². The maximum atomic E-state index is 11.8. The van der Waals surface area contributed by atoms with Crippen LogP contribution in [-0.2, 0) is 11.4 Å². The summed E-state index contributed by atoms with van der Waals surface area (Å²) in [7, 11) is 1.51. The van der Waals surface area contributed by atoms with Crippen molar-refractivity contribution in [1.29, 1.82) is 0 Å². The highest BCUT2D eigenvalue weighted by atomic mass is 32.1. The molecule has 2 N–H and O–H groups in total. The van der Waals surface area contributed by atoms with Crippen molar-refractivity contribution < 1.29 is 14.4 Å². The largest absolute Gasteiger partial charge is 0.489 e. The minimum absolute atomic E-state index is 0.286. The third-order valence-corrected chi connectivity index (χ3v) is 4.91. The number of thiazole rings is 1. The maximum Gasteiger partial charge on any atom is 0.321 e. The summed E-state index contributed by atoms with van der Waals surface area (Å²) < 4.78 is 6.87. The summed E-state index contributed by atoms with van der Waals surface area (Å²) in [6.45, 7) is 4.70. The first-order valence-electron chi connectivity index (χ1n) is 8.85. The van der Waals surface area contributed by atoms with E-state index < -0.39 is 0 Å². The summed E-state index contributed by atoms with van der Waals surface area (Å²) in [5, 5.41) is 10.00. The monoisotopic (exact) mass is 398 g/mol. The van der Waals surface area contributed by atoms with E-state index in [9.17, 15) is 4.79 Å². The molecule has 8 heteroatoms. The molecular formula is C20H22N4O3S. The normalized spacial score (nSPS) is 11.3. The molecule has 0 atom stereocenters. The van der Waals surface area contributed by atoms with Crippen LogP contribution in [0.25, 0.3) is 10.2 Å². The quantitative estimate of drug-likeness (QED) is 0.457. The summed E-state index contributed by atoms with van der Waals surface area (Å²) in [4.78, 5) is 21.3. The molecule has 2 amide bonds. The number of fused-ring (bicyclic) bond motifs is 1. The third-order valence-electron chi connectivity index (χ3n) is 3.89. The second-order valence-electron chi connectivity index (χ2n) is 5.96. The number of oxime groups is 1. The second kappa shape index (κ2) is 9.18. The molecule has 0 fully saturated rings. The summed E-state index contributed by atoms with van der Waals surface area (Å²) in [5.74, 6) is 0.673. The molecule has 0 unspecified atom stereocenters. The van der Waals surface area contributed by atoms with Crippen LogP contribution in [0.5, 0.6) is 5.75 Å². The van der Waals surface area contributed by atoms with Crippen LogP contribution >= 0.6 is 11.3 Å². The predicted molar refractivity (Wildman–Crippen MR) is 112 cm³/mol. The highest BCUT2D eigenvalue weighted by Gasteiger charge is 2.15. The maximum absolute atomic E-state index is 11.8. The Balaban J connectivity index is 1.93. The number of nitrogens with one attached hydrogen (secondary N) is 2. The van der Waals surface area contributed by atoms with Crippen LogP contribution < -0.4 is 15.4 Å². The van der Waals surface area contributed by atoms with Crippen molar-refractivity contribution in [3.05, 3.63) is 53.6 Å². The van der Waals surface area contributed by atoms with Crippen molar-refractivity contribution in [2.45, 2.75) is 20.5 Å². The van der Waals surface area contributed by atoms with E-state index in [2.05, 4.69) is 20.8 Å². The van der Waals surface area contributed by atoms with Gasteiger partial charge in [0.05, 0.1) is 15.9 Å².